The van der Waals surface area contributed by atoms with Gasteiger partial charge < -0.3 is 4.74 Å². The van der Waals surface area contributed by atoms with Crippen molar-refractivity contribution in [2.24, 2.45) is 0 Å². The fourth-order valence-electron chi connectivity index (χ4n) is 0.514. The molecule has 0 fully saturated rings. The van der Waals surface area contributed by atoms with Crippen molar-refractivity contribution in [1.29, 1.82) is 0 Å². The molecular weight excluding hydrogens is 164 g/mol. The molecule has 12 heavy (non-hydrogen) atoms. The van der Waals surface area contributed by atoms with Gasteiger partial charge in [-0.25, -0.2) is 0 Å². The number of hydrogen-bond donors (Lipinski definition) is 1. The fraction of sp³-hybridized carbons (Fsp3) is 0.833. The van der Waals surface area contributed by atoms with Crippen LogP contribution in [-0.4, -0.2) is 30.2 Å². The molecule has 0 atom stereocenters. The van der Waals surface area contributed by atoms with Crippen LogP contribution in [0.1, 0.15) is 13.8 Å². The van der Waals surface area contributed by atoms with Gasteiger partial charge in [-0.1, -0.05) is 0 Å². The van der Waals surface area contributed by atoms with E-state index in [0.29, 0.717) is 0 Å². The van der Waals surface area contributed by atoms with E-state index in [-0.39, 0.29) is 24.7 Å². The van der Waals surface area contributed by atoms with Crippen molar-refractivity contribution in [3.63, 3.8) is 0 Å². The second-order valence-electron chi connectivity index (χ2n) is 2.90. The van der Waals surface area contributed by atoms with Crippen LogP contribution in [-0.2, 0) is 9.53 Å². The van der Waals surface area contributed by atoms with Gasteiger partial charge in [-0.15, -0.1) is 0 Å². The lowest BCUT2D eigenvalue weighted by atomic mass is 10.1. The van der Waals surface area contributed by atoms with Crippen LogP contribution in [0.15, 0.2) is 0 Å². The van der Waals surface area contributed by atoms with Gasteiger partial charge in [-0.2, -0.15) is 0 Å². The molecule has 6 heteroatoms. The maximum Gasteiger partial charge on any atom is 0.294 e. The first-order valence-corrected chi connectivity index (χ1v) is 3.41. The third kappa shape index (κ3) is 3.87. The Labute approximate surface area is 70.0 Å². The molecule has 0 aliphatic heterocycles. The molecule has 0 unspecified atom stereocenters. The topological polar surface area (TPSA) is 81.5 Å². The Balaban J connectivity index is 3.61. The van der Waals surface area contributed by atoms with Crippen molar-refractivity contribution in [3.8, 4) is 0 Å². The average molecular weight is 176 g/mol. The van der Waals surface area contributed by atoms with E-state index in [1.54, 1.807) is 0 Å². The highest BCUT2D eigenvalue weighted by Crippen LogP contribution is 2.04. The Morgan fingerprint density at radius 1 is 1.67 bits per heavy atom. The molecule has 0 spiro atoms. The van der Waals surface area contributed by atoms with Crippen molar-refractivity contribution < 1.29 is 14.5 Å². The first kappa shape index (κ1) is 10.8. The first-order chi connectivity index (χ1) is 5.50. The maximum absolute atomic E-state index is 10.3. The van der Waals surface area contributed by atoms with Crippen molar-refractivity contribution in [3.05, 3.63) is 10.1 Å². The number of hydrogen-bond acceptors (Lipinski definition) is 5. The highest BCUT2D eigenvalue weighted by molar-refractivity contribution is 5.36. The molecule has 0 bridgehead atoms. The average Bonchev–Trinajstić information content (AvgIpc) is 1.98. The molecule has 0 aliphatic carbocycles. The number of rotatable bonds is 6. The van der Waals surface area contributed by atoms with Gasteiger partial charge in [0, 0.05) is 18.8 Å². The van der Waals surface area contributed by atoms with E-state index in [2.05, 4.69) is 10.1 Å². The molecule has 0 aromatic heterocycles. The molecule has 1 N–H and O–H groups in total. The van der Waals surface area contributed by atoms with Crippen molar-refractivity contribution in [2.75, 3.05) is 13.3 Å². The Kier molecular flexibility index (Phi) is 4.20. The molecule has 0 aromatic carbocycles. The predicted molar refractivity (Wildman–Crippen MR) is 41.1 cm³/mol. The van der Waals surface area contributed by atoms with Gasteiger partial charge in [0.2, 0.25) is 5.54 Å². The predicted octanol–water partition coefficient (Wildman–Crippen LogP) is -0.238. The van der Waals surface area contributed by atoms with Gasteiger partial charge in [0.25, 0.3) is 6.47 Å². The molecule has 0 saturated heterocycles. The van der Waals surface area contributed by atoms with Crippen LogP contribution in [0.2, 0.25) is 0 Å². The highest BCUT2D eigenvalue weighted by atomic mass is 16.6. The summed E-state index contributed by atoms with van der Waals surface area (Å²) in [5.74, 6) is 0. The first-order valence-electron chi connectivity index (χ1n) is 3.41. The van der Waals surface area contributed by atoms with E-state index in [1.807, 2.05) is 0 Å². The van der Waals surface area contributed by atoms with E-state index >= 15 is 0 Å². The summed E-state index contributed by atoms with van der Waals surface area (Å²) in [6.45, 7) is 3.42. The van der Waals surface area contributed by atoms with Gasteiger partial charge >= 0.3 is 0 Å². The third-order valence-electron chi connectivity index (χ3n) is 1.31. The molecule has 0 radical (unpaired) electrons. The van der Waals surface area contributed by atoms with Gasteiger partial charge in [0.15, 0.2) is 0 Å². The largest absolute Gasteiger partial charge is 0.452 e. The van der Waals surface area contributed by atoms with Crippen LogP contribution in [0, 0.1) is 10.1 Å². The molecule has 0 rings (SSSR count). The van der Waals surface area contributed by atoms with Crippen LogP contribution in [0.25, 0.3) is 0 Å². The summed E-state index contributed by atoms with van der Waals surface area (Å²) in [6.07, 6.45) is 0. The fourth-order valence-corrected chi connectivity index (χ4v) is 0.514. The molecule has 0 aromatic rings. The van der Waals surface area contributed by atoms with Crippen LogP contribution < -0.4 is 5.32 Å². The van der Waals surface area contributed by atoms with Gasteiger partial charge in [-0.3, -0.25) is 20.2 Å². The third-order valence-corrected chi connectivity index (χ3v) is 1.31. The smallest absolute Gasteiger partial charge is 0.294 e. The number of ether oxygens (including phenoxy) is 1. The number of nitrogens with one attached hydrogen (secondary N) is 1. The zero-order chi connectivity index (χ0) is 9.61. The minimum absolute atomic E-state index is 0.000764. The molecule has 0 heterocycles. The van der Waals surface area contributed by atoms with Crippen molar-refractivity contribution in [2.45, 2.75) is 19.4 Å². The quantitative estimate of drug-likeness (QED) is 0.198. The summed E-state index contributed by atoms with van der Waals surface area (Å²) in [5.41, 5.74) is -1.04. The van der Waals surface area contributed by atoms with E-state index in [4.69, 9.17) is 0 Å². The minimum Gasteiger partial charge on any atom is -0.452 e. The minimum atomic E-state index is -1.04. The van der Waals surface area contributed by atoms with Crippen LogP contribution in [0.4, 0.5) is 0 Å². The maximum atomic E-state index is 10.3. The summed E-state index contributed by atoms with van der Waals surface area (Å²) in [5, 5.41) is 13.0. The highest BCUT2D eigenvalue weighted by Gasteiger charge is 2.29. The molecule has 0 amide bonds. The molecular formula is C6H12N2O4. The van der Waals surface area contributed by atoms with Crippen LogP contribution in [0.5, 0.6) is 0 Å². The number of carbonyl (C=O) groups excluding carboxylic acids is 1. The molecule has 0 aliphatic rings. The standard InChI is InChI=1S/C6H12N2O4/c1-6(2,8(10)11)3-7-4-12-5-9/h5,7H,3-4H2,1-2H3. The normalized spacial score (nSPS) is 10.8. The second kappa shape index (κ2) is 4.66. The number of carbonyl (C=O) groups is 1. The summed E-state index contributed by atoms with van der Waals surface area (Å²) in [4.78, 5) is 19.6. The summed E-state index contributed by atoms with van der Waals surface area (Å²) in [7, 11) is 0. The van der Waals surface area contributed by atoms with E-state index in [0.717, 1.165) is 0 Å². The molecule has 70 valence electrons. The van der Waals surface area contributed by atoms with Crippen LogP contribution in [0.3, 0.4) is 0 Å². The lowest BCUT2D eigenvalue weighted by Gasteiger charge is -2.15. The van der Waals surface area contributed by atoms with E-state index in [1.165, 1.54) is 13.8 Å². The van der Waals surface area contributed by atoms with E-state index < -0.39 is 5.54 Å². The lowest BCUT2D eigenvalue weighted by molar-refractivity contribution is -0.558. The number of nitro groups is 1. The van der Waals surface area contributed by atoms with Crippen LogP contribution >= 0.6 is 0 Å². The monoisotopic (exact) mass is 176 g/mol. The summed E-state index contributed by atoms with van der Waals surface area (Å²) in [6, 6.07) is 0. The summed E-state index contributed by atoms with van der Waals surface area (Å²) >= 11 is 0. The van der Waals surface area contributed by atoms with Crippen molar-refractivity contribution >= 4 is 6.47 Å². The van der Waals surface area contributed by atoms with Gasteiger partial charge in [0.05, 0.1) is 6.54 Å². The summed E-state index contributed by atoms with van der Waals surface area (Å²) < 4.78 is 4.29. The zero-order valence-corrected chi connectivity index (χ0v) is 7.07. The SMILES string of the molecule is CC(C)(CNCOC=O)[N+](=O)[O-]. The Morgan fingerprint density at radius 2 is 2.25 bits per heavy atom. The zero-order valence-electron chi connectivity index (χ0n) is 7.07. The molecule has 0 saturated carbocycles. The second-order valence-corrected chi connectivity index (χ2v) is 2.90. The Hall–Kier alpha value is -1.17. The lowest BCUT2D eigenvalue weighted by Crippen LogP contribution is -2.42. The Morgan fingerprint density at radius 3 is 2.67 bits per heavy atom. The van der Waals surface area contributed by atoms with Gasteiger partial charge in [0.1, 0.15) is 6.73 Å². The van der Waals surface area contributed by atoms with E-state index in [9.17, 15) is 14.9 Å². The van der Waals surface area contributed by atoms with Gasteiger partial charge in [-0.05, 0) is 0 Å². The number of nitrogens with zero attached hydrogens (tertiary/aromatic N) is 1. The molecule has 6 nitrogen and oxygen atoms in total. The Bertz CT molecular complexity index is 169. The van der Waals surface area contributed by atoms with Crippen molar-refractivity contribution in [1.82, 2.24) is 5.32 Å².